The summed E-state index contributed by atoms with van der Waals surface area (Å²) >= 11 is 0. The minimum Gasteiger partial charge on any atom is -0.495 e. The van der Waals surface area contributed by atoms with Gasteiger partial charge in [0.15, 0.2) is 0 Å². The highest BCUT2D eigenvalue weighted by Crippen LogP contribution is 2.32. The Kier molecular flexibility index (Phi) is 4.11. The third-order valence-electron chi connectivity index (χ3n) is 3.37. The van der Waals surface area contributed by atoms with Crippen LogP contribution in [0.15, 0.2) is 18.2 Å². The molecular weight excluding hydrogens is 226 g/mol. The molecule has 0 amide bonds. The van der Waals surface area contributed by atoms with Crippen molar-refractivity contribution in [3.05, 3.63) is 23.8 Å². The molecule has 1 saturated heterocycles. The topological polar surface area (TPSA) is 32.7 Å². The van der Waals surface area contributed by atoms with Crippen LogP contribution in [0.5, 0.6) is 5.75 Å². The molecule has 96 valence electrons. The Bertz CT molecular complexity index is 444. The van der Waals surface area contributed by atoms with Gasteiger partial charge in [-0.15, -0.1) is 6.42 Å². The highest BCUT2D eigenvalue weighted by molar-refractivity contribution is 5.60. The van der Waals surface area contributed by atoms with Gasteiger partial charge in [-0.25, -0.2) is 0 Å². The summed E-state index contributed by atoms with van der Waals surface area (Å²) in [4.78, 5) is 2.33. The summed E-state index contributed by atoms with van der Waals surface area (Å²) in [6.45, 7) is 2.13. The Morgan fingerprint density at radius 2 is 2.06 bits per heavy atom. The van der Waals surface area contributed by atoms with Gasteiger partial charge in [0.25, 0.3) is 0 Å². The molecule has 1 heterocycles. The first-order chi connectivity index (χ1) is 8.76. The number of rotatable bonds is 3. The monoisotopic (exact) mass is 245 g/mol. The Hall–Kier alpha value is -1.66. The number of ether oxygens (including phenoxy) is 1. The first-order valence-corrected chi connectivity index (χ1v) is 6.33. The summed E-state index contributed by atoms with van der Waals surface area (Å²) in [5.41, 5.74) is 1.79. The van der Waals surface area contributed by atoms with Gasteiger partial charge < -0.3 is 14.7 Å². The zero-order valence-electron chi connectivity index (χ0n) is 10.7. The van der Waals surface area contributed by atoms with Crippen molar-refractivity contribution in [1.29, 1.82) is 0 Å². The smallest absolute Gasteiger partial charge is 0.142 e. The second-order valence-electron chi connectivity index (χ2n) is 4.55. The van der Waals surface area contributed by atoms with E-state index in [0.29, 0.717) is 5.56 Å². The summed E-state index contributed by atoms with van der Waals surface area (Å²) in [6.07, 6.45) is 8.10. The molecule has 0 aliphatic carbocycles. The quantitative estimate of drug-likeness (QED) is 0.830. The van der Waals surface area contributed by atoms with Gasteiger partial charge in [0.2, 0.25) is 0 Å². The number of aliphatic hydroxyl groups is 1. The van der Waals surface area contributed by atoms with Gasteiger partial charge in [0.1, 0.15) is 11.9 Å². The van der Waals surface area contributed by atoms with E-state index in [2.05, 4.69) is 10.8 Å². The van der Waals surface area contributed by atoms with Crippen molar-refractivity contribution in [1.82, 2.24) is 0 Å². The molecule has 0 aromatic heterocycles. The van der Waals surface area contributed by atoms with Crippen molar-refractivity contribution in [2.75, 3.05) is 25.1 Å². The van der Waals surface area contributed by atoms with E-state index in [1.54, 1.807) is 7.11 Å². The molecule has 1 aliphatic heterocycles. The highest BCUT2D eigenvalue weighted by Gasteiger charge is 2.16. The van der Waals surface area contributed by atoms with Crippen molar-refractivity contribution in [2.45, 2.75) is 25.4 Å². The first kappa shape index (κ1) is 12.8. The first-order valence-electron chi connectivity index (χ1n) is 6.33. The van der Waals surface area contributed by atoms with Crippen LogP contribution in [-0.2, 0) is 0 Å². The molecule has 1 aromatic carbocycles. The molecule has 0 spiro atoms. The molecule has 0 bridgehead atoms. The van der Waals surface area contributed by atoms with E-state index in [1.807, 2.05) is 18.2 Å². The zero-order valence-corrected chi connectivity index (χ0v) is 10.7. The number of terminal acetylenes is 1. The summed E-state index contributed by atoms with van der Waals surface area (Å²) in [5, 5.41) is 9.65. The SMILES string of the molecule is C#CC(O)c1ccc(N2CCCCC2)c(OC)c1. The molecule has 2 rings (SSSR count). The lowest BCUT2D eigenvalue weighted by Crippen LogP contribution is -2.29. The third-order valence-corrected chi connectivity index (χ3v) is 3.37. The molecule has 1 aromatic rings. The average molecular weight is 245 g/mol. The van der Waals surface area contributed by atoms with Crippen LogP contribution in [0, 0.1) is 12.3 Å². The number of hydrogen-bond donors (Lipinski definition) is 1. The average Bonchev–Trinajstić information content (AvgIpc) is 2.46. The van der Waals surface area contributed by atoms with E-state index in [4.69, 9.17) is 11.2 Å². The van der Waals surface area contributed by atoms with Crippen LogP contribution in [-0.4, -0.2) is 25.3 Å². The normalized spacial score (nSPS) is 17.1. The lowest BCUT2D eigenvalue weighted by atomic mass is 10.1. The molecule has 0 saturated carbocycles. The van der Waals surface area contributed by atoms with Crippen molar-refractivity contribution >= 4 is 5.69 Å². The Morgan fingerprint density at radius 3 is 2.67 bits per heavy atom. The Balaban J connectivity index is 2.28. The third kappa shape index (κ3) is 2.60. The second kappa shape index (κ2) is 5.79. The summed E-state index contributed by atoms with van der Waals surface area (Å²) in [5.74, 6) is 3.10. The van der Waals surface area contributed by atoms with E-state index in [9.17, 15) is 5.11 Å². The van der Waals surface area contributed by atoms with Crippen LogP contribution in [0.1, 0.15) is 30.9 Å². The van der Waals surface area contributed by atoms with Gasteiger partial charge in [0, 0.05) is 13.1 Å². The molecule has 3 heteroatoms. The molecule has 0 radical (unpaired) electrons. The molecular formula is C15H19NO2. The Labute approximate surface area is 108 Å². The lowest BCUT2D eigenvalue weighted by Gasteiger charge is -2.30. The van der Waals surface area contributed by atoms with E-state index in [-0.39, 0.29) is 0 Å². The lowest BCUT2D eigenvalue weighted by molar-refractivity contribution is 0.238. The van der Waals surface area contributed by atoms with E-state index in [1.165, 1.54) is 19.3 Å². The van der Waals surface area contributed by atoms with Crippen LogP contribution < -0.4 is 9.64 Å². The summed E-state index contributed by atoms with van der Waals surface area (Å²) in [7, 11) is 1.65. The standard InChI is InChI=1S/C15H19NO2/c1-3-14(17)12-7-8-13(15(11-12)18-2)16-9-5-4-6-10-16/h1,7-8,11,14,17H,4-6,9-10H2,2H3. The van der Waals surface area contributed by atoms with Crippen LogP contribution in [0.25, 0.3) is 0 Å². The van der Waals surface area contributed by atoms with Crippen molar-refractivity contribution in [2.24, 2.45) is 0 Å². The molecule has 1 atom stereocenters. The van der Waals surface area contributed by atoms with Gasteiger partial charge in [0.05, 0.1) is 12.8 Å². The predicted molar refractivity (Wildman–Crippen MR) is 72.9 cm³/mol. The number of methoxy groups -OCH3 is 1. The molecule has 1 aliphatic rings. The molecule has 3 nitrogen and oxygen atoms in total. The number of hydrogen-bond acceptors (Lipinski definition) is 3. The predicted octanol–water partition coefficient (Wildman–Crippen LogP) is 2.35. The molecule has 1 N–H and O–H groups in total. The maximum Gasteiger partial charge on any atom is 0.142 e. The number of aliphatic hydroxyl groups excluding tert-OH is 1. The van der Waals surface area contributed by atoms with Gasteiger partial charge in [-0.3, -0.25) is 0 Å². The molecule has 1 fully saturated rings. The minimum atomic E-state index is -0.866. The second-order valence-corrected chi connectivity index (χ2v) is 4.55. The van der Waals surface area contributed by atoms with Crippen molar-refractivity contribution in [3.63, 3.8) is 0 Å². The number of anilines is 1. The van der Waals surface area contributed by atoms with Crippen LogP contribution in [0.3, 0.4) is 0 Å². The van der Waals surface area contributed by atoms with Crippen LogP contribution in [0.2, 0.25) is 0 Å². The van der Waals surface area contributed by atoms with E-state index in [0.717, 1.165) is 24.5 Å². The van der Waals surface area contributed by atoms with Crippen molar-refractivity contribution < 1.29 is 9.84 Å². The fourth-order valence-electron chi connectivity index (χ4n) is 2.36. The number of piperidine rings is 1. The van der Waals surface area contributed by atoms with Gasteiger partial charge in [-0.1, -0.05) is 12.0 Å². The van der Waals surface area contributed by atoms with Gasteiger partial charge >= 0.3 is 0 Å². The van der Waals surface area contributed by atoms with Gasteiger partial charge in [-0.05, 0) is 37.0 Å². The zero-order chi connectivity index (χ0) is 13.0. The fourth-order valence-corrected chi connectivity index (χ4v) is 2.36. The van der Waals surface area contributed by atoms with E-state index < -0.39 is 6.10 Å². The fraction of sp³-hybridized carbons (Fsp3) is 0.467. The number of benzene rings is 1. The highest BCUT2D eigenvalue weighted by atomic mass is 16.5. The van der Waals surface area contributed by atoms with Gasteiger partial charge in [-0.2, -0.15) is 0 Å². The molecule has 18 heavy (non-hydrogen) atoms. The minimum absolute atomic E-state index is 0.704. The van der Waals surface area contributed by atoms with Crippen molar-refractivity contribution in [3.8, 4) is 18.1 Å². The number of nitrogens with zero attached hydrogens (tertiary/aromatic N) is 1. The summed E-state index contributed by atoms with van der Waals surface area (Å²) in [6, 6.07) is 5.69. The maximum atomic E-state index is 9.65. The van der Waals surface area contributed by atoms with Crippen LogP contribution >= 0.6 is 0 Å². The largest absolute Gasteiger partial charge is 0.495 e. The molecule has 1 unspecified atom stereocenters. The maximum absolute atomic E-state index is 9.65. The Morgan fingerprint density at radius 1 is 1.33 bits per heavy atom. The van der Waals surface area contributed by atoms with E-state index >= 15 is 0 Å². The summed E-state index contributed by atoms with van der Waals surface area (Å²) < 4.78 is 5.41. The van der Waals surface area contributed by atoms with Crippen LogP contribution in [0.4, 0.5) is 5.69 Å².